The minimum atomic E-state index is -4.22. The Morgan fingerprint density at radius 2 is 1.16 bits per heavy atom. The molecular formula is C34H37N4O10P. The molecule has 1 unspecified atom stereocenters. The van der Waals surface area contributed by atoms with E-state index in [2.05, 4.69) is 16.0 Å². The number of amides is 5. The van der Waals surface area contributed by atoms with E-state index in [1.165, 1.54) is 13.8 Å². The zero-order valence-electron chi connectivity index (χ0n) is 26.9. The predicted molar refractivity (Wildman–Crippen MR) is 175 cm³/mol. The summed E-state index contributed by atoms with van der Waals surface area (Å²) < 4.78 is 26.6. The molecule has 1 aliphatic rings. The van der Waals surface area contributed by atoms with Crippen LogP contribution in [0.1, 0.15) is 45.1 Å². The number of hydrogen-bond donors (Lipinski definition) is 3. The number of rotatable bonds is 16. The first-order valence-electron chi connectivity index (χ1n) is 15.5. The zero-order chi connectivity index (χ0) is 35.4. The smallest absolute Gasteiger partial charge is 0.415 e. The van der Waals surface area contributed by atoms with Crippen molar-refractivity contribution in [2.24, 2.45) is 0 Å². The van der Waals surface area contributed by atoms with E-state index in [0.717, 1.165) is 5.56 Å². The molecule has 0 radical (unpaired) electrons. The fourth-order valence-corrected chi connectivity index (χ4v) is 6.42. The van der Waals surface area contributed by atoms with Crippen LogP contribution in [0.3, 0.4) is 0 Å². The van der Waals surface area contributed by atoms with E-state index in [1.54, 1.807) is 84.9 Å². The number of hydroxylamine groups is 2. The van der Waals surface area contributed by atoms with E-state index in [-0.39, 0.29) is 37.2 Å². The lowest BCUT2D eigenvalue weighted by Gasteiger charge is -2.29. The Morgan fingerprint density at radius 1 is 0.694 bits per heavy atom. The Morgan fingerprint density at radius 3 is 1.69 bits per heavy atom. The molecule has 3 aromatic carbocycles. The molecule has 3 aromatic rings. The lowest BCUT2D eigenvalue weighted by Crippen LogP contribution is -2.53. The van der Waals surface area contributed by atoms with Gasteiger partial charge in [-0.2, -0.15) is 0 Å². The lowest BCUT2D eigenvalue weighted by molar-refractivity contribution is -0.197. The topological polar surface area (TPSA) is 187 Å². The summed E-state index contributed by atoms with van der Waals surface area (Å²) in [6, 6.07) is 23.5. The molecule has 1 heterocycles. The number of carbonyl (C=O) groups is 6. The minimum Gasteiger partial charge on any atom is -0.415 e. The Labute approximate surface area is 283 Å². The van der Waals surface area contributed by atoms with Gasteiger partial charge in [0.2, 0.25) is 17.7 Å². The number of para-hydroxylation sites is 2. The number of benzene rings is 3. The van der Waals surface area contributed by atoms with Crippen molar-refractivity contribution in [1.29, 1.82) is 0 Å². The molecule has 49 heavy (non-hydrogen) atoms. The molecule has 15 heteroatoms. The van der Waals surface area contributed by atoms with Crippen LogP contribution in [-0.2, 0) is 44.6 Å². The number of nitrogens with zero attached hydrogens (tertiary/aromatic N) is 1. The van der Waals surface area contributed by atoms with Gasteiger partial charge in [-0.05, 0) is 43.7 Å². The SMILES string of the molecule is C[C@H](NC(=O)CCC(=O)ON1C(=O)CCC1=O)C(=O)N[C@@H](C)C(=O)NC(Cc1ccccc1)P(=O)(Oc1ccccc1)Oc1ccccc1. The quantitative estimate of drug-likeness (QED) is 0.148. The molecule has 0 aliphatic carbocycles. The van der Waals surface area contributed by atoms with Crippen LogP contribution in [0, 0.1) is 0 Å². The fourth-order valence-electron chi connectivity index (χ4n) is 4.57. The van der Waals surface area contributed by atoms with Crippen LogP contribution in [0.15, 0.2) is 91.0 Å². The fraction of sp³-hybridized carbons (Fsp3) is 0.294. The second-order valence-corrected chi connectivity index (χ2v) is 13.2. The summed E-state index contributed by atoms with van der Waals surface area (Å²) >= 11 is 0. The van der Waals surface area contributed by atoms with Gasteiger partial charge in [0, 0.05) is 25.7 Å². The van der Waals surface area contributed by atoms with Gasteiger partial charge in [-0.25, -0.2) is 9.36 Å². The molecule has 14 nitrogen and oxygen atoms in total. The van der Waals surface area contributed by atoms with Crippen molar-refractivity contribution < 1.29 is 47.2 Å². The minimum absolute atomic E-state index is 0.0547. The summed E-state index contributed by atoms with van der Waals surface area (Å²) in [5, 5.41) is 8.06. The Hall–Kier alpha value is -5.49. The highest BCUT2D eigenvalue weighted by atomic mass is 31.2. The van der Waals surface area contributed by atoms with Gasteiger partial charge in [0.25, 0.3) is 11.8 Å². The van der Waals surface area contributed by atoms with Gasteiger partial charge >= 0.3 is 13.6 Å². The van der Waals surface area contributed by atoms with Gasteiger partial charge in [0.05, 0.1) is 6.42 Å². The van der Waals surface area contributed by atoms with Gasteiger partial charge in [0.1, 0.15) is 23.6 Å². The Kier molecular flexibility index (Phi) is 12.7. The van der Waals surface area contributed by atoms with Crippen molar-refractivity contribution in [1.82, 2.24) is 21.0 Å². The predicted octanol–water partition coefficient (Wildman–Crippen LogP) is 3.42. The average Bonchev–Trinajstić information content (AvgIpc) is 3.40. The molecule has 1 saturated heterocycles. The largest absolute Gasteiger partial charge is 0.453 e. The van der Waals surface area contributed by atoms with Crippen LogP contribution < -0.4 is 25.0 Å². The number of carbonyl (C=O) groups excluding carboxylic acids is 6. The van der Waals surface area contributed by atoms with E-state index in [4.69, 9.17) is 13.9 Å². The van der Waals surface area contributed by atoms with Gasteiger partial charge in [-0.1, -0.05) is 66.7 Å². The number of nitrogens with one attached hydrogen (secondary N) is 3. The van der Waals surface area contributed by atoms with Crippen molar-refractivity contribution in [2.45, 2.75) is 63.8 Å². The highest BCUT2D eigenvalue weighted by molar-refractivity contribution is 7.55. The molecule has 5 amide bonds. The molecule has 3 N–H and O–H groups in total. The molecular weight excluding hydrogens is 655 g/mol. The van der Waals surface area contributed by atoms with Gasteiger partial charge in [-0.3, -0.25) is 24.0 Å². The molecule has 3 atom stereocenters. The van der Waals surface area contributed by atoms with Gasteiger partial charge < -0.3 is 29.8 Å². The first-order chi connectivity index (χ1) is 23.4. The van der Waals surface area contributed by atoms with Crippen LogP contribution in [0.2, 0.25) is 0 Å². The van der Waals surface area contributed by atoms with Crippen LogP contribution in [0.5, 0.6) is 11.5 Å². The Bertz CT molecular complexity index is 1630. The standard InChI is InChI=1S/C34H37N4O10P/c1-23(35-28(39)18-21-32(42)46-38-30(40)19-20-31(38)41)33(43)36-24(2)34(44)37-29(22-25-12-6-3-7-13-25)49(45,47-26-14-8-4-9-15-26)48-27-16-10-5-11-17-27/h3-17,23-24,29H,18-22H2,1-2H3,(H,35,39)(H,36,43)(H,37,44)/t23-,24-,29?/m0/s1. The van der Waals surface area contributed by atoms with E-state index in [0.29, 0.717) is 5.06 Å². The summed E-state index contributed by atoms with van der Waals surface area (Å²) in [6.07, 6.45) is -0.909. The summed E-state index contributed by atoms with van der Waals surface area (Å²) in [5.41, 5.74) is 0.733. The molecule has 1 fully saturated rings. The monoisotopic (exact) mass is 692 g/mol. The molecule has 0 spiro atoms. The third kappa shape index (κ3) is 10.8. The van der Waals surface area contributed by atoms with E-state index < -0.39 is 67.4 Å². The first kappa shape index (κ1) is 36.3. The van der Waals surface area contributed by atoms with Gasteiger partial charge in [0.15, 0.2) is 5.78 Å². The zero-order valence-corrected chi connectivity index (χ0v) is 27.8. The average molecular weight is 693 g/mol. The summed E-state index contributed by atoms with van der Waals surface area (Å²) in [5.74, 6) is -5.04. The molecule has 0 aromatic heterocycles. The van der Waals surface area contributed by atoms with E-state index in [9.17, 15) is 33.3 Å². The highest BCUT2D eigenvalue weighted by Gasteiger charge is 2.41. The maximum absolute atomic E-state index is 14.6. The lowest BCUT2D eigenvalue weighted by atomic mass is 10.1. The van der Waals surface area contributed by atoms with Crippen LogP contribution in [-0.4, -0.2) is 58.4 Å². The van der Waals surface area contributed by atoms with Crippen molar-refractivity contribution >= 4 is 43.1 Å². The molecule has 258 valence electrons. The third-order valence-corrected chi connectivity index (χ3v) is 9.20. The summed E-state index contributed by atoms with van der Waals surface area (Å²) in [4.78, 5) is 78.7. The number of imide groups is 1. The maximum Gasteiger partial charge on any atom is 0.453 e. The molecule has 0 saturated carbocycles. The van der Waals surface area contributed by atoms with Crippen LogP contribution >= 0.6 is 7.60 Å². The molecule has 0 bridgehead atoms. The summed E-state index contributed by atoms with van der Waals surface area (Å²) in [7, 11) is -4.22. The third-order valence-electron chi connectivity index (χ3n) is 7.19. The van der Waals surface area contributed by atoms with Crippen LogP contribution in [0.4, 0.5) is 0 Å². The van der Waals surface area contributed by atoms with Crippen molar-refractivity contribution in [3.05, 3.63) is 96.6 Å². The second kappa shape index (κ2) is 17.1. The molecule has 1 aliphatic heterocycles. The Balaban J connectivity index is 1.40. The van der Waals surface area contributed by atoms with E-state index >= 15 is 0 Å². The van der Waals surface area contributed by atoms with Crippen LogP contribution in [0.25, 0.3) is 0 Å². The highest BCUT2D eigenvalue weighted by Crippen LogP contribution is 2.53. The first-order valence-corrected chi connectivity index (χ1v) is 17.1. The van der Waals surface area contributed by atoms with Crippen molar-refractivity contribution in [3.8, 4) is 11.5 Å². The normalized spacial score (nSPS) is 14.6. The van der Waals surface area contributed by atoms with Gasteiger partial charge in [-0.15, -0.1) is 5.06 Å². The summed E-state index contributed by atoms with van der Waals surface area (Å²) in [6.45, 7) is 2.80. The van der Waals surface area contributed by atoms with E-state index in [1.807, 2.05) is 6.07 Å². The number of hydrogen-bond acceptors (Lipinski definition) is 10. The van der Waals surface area contributed by atoms with Crippen molar-refractivity contribution in [3.63, 3.8) is 0 Å². The molecule has 4 rings (SSSR count). The van der Waals surface area contributed by atoms with Crippen molar-refractivity contribution in [2.75, 3.05) is 0 Å². The second-order valence-electron chi connectivity index (χ2n) is 11.1. The maximum atomic E-state index is 14.6.